The summed E-state index contributed by atoms with van der Waals surface area (Å²) in [5.74, 6) is -2.26. The fraction of sp³-hybridized carbons (Fsp3) is 0.259. The van der Waals surface area contributed by atoms with Crippen LogP contribution in [0.3, 0.4) is 0 Å². The van der Waals surface area contributed by atoms with Gasteiger partial charge in [0.05, 0.1) is 11.4 Å². The van der Waals surface area contributed by atoms with Crippen LogP contribution in [0.5, 0.6) is 0 Å². The van der Waals surface area contributed by atoms with Crippen LogP contribution in [-0.4, -0.2) is 29.8 Å². The summed E-state index contributed by atoms with van der Waals surface area (Å²) in [4.78, 5) is 16.1. The quantitative estimate of drug-likeness (QED) is 0.400. The molecule has 3 aromatic rings. The number of alkyl carbamates (subject to hydrolysis) is 1. The third kappa shape index (κ3) is 7.34. The first-order chi connectivity index (χ1) is 16.5. The predicted molar refractivity (Wildman–Crippen MR) is 129 cm³/mol. The minimum absolute atomic E-state index is 0.122. The van der Waals surface area contributed by atoms with Crippen LogP contribution >= 0.6 is 0 Å². The Kier molecular flexibility index (Phi) is 8.17. The number of hydrogen-bond acceptors (Lipinski definition) is 4. The molecule has 0 fully saturated rings. The summed E-state index contributed by atoms with van der Waals surface area (Å²) in [7, 11) is 0. The Labute approximate surface area is 203 Å². The molecule has 0 radical (unpaired) electrons. The molecule has 0 bridgehead atoms. The minimum atomic E-state index is -0.688. The van der Waals surface area contributed by atoms with Gasteiger partial charge >= 0.3 is 6.09 Å². The van der Waals surface area contributed by atoms with Gasteiger partial charge in [0, 0.05) is 30.8 Å². The van der Waals surface area contributed by atoms with Gasteiger partial charge in [0.15, 0.2) is 0 Å². The van der Waals surface area contributed by atoms with Crippen LogP contribution in [0.2, 0.25) is 0 Å². The molecule has 1 atom stereocenters. The summed E-state index contributed by atoms with van der Waals surface area (Å²) in [6, 6.07) is 12.3. The molecule has 0 aliphatic heterocycles. The van der Waals surface area contributed by atoms with Crippen LogP contribution in [0.25, 0.3) is 5.70 Å². The van der Waals surface area contributed by atoms with E-state index in [1.807, 2.05) is 0 Å². The van der Waals surface area contributed by atoms with Gasteiger partial charge in [0.25, 0.3) is 0 Å². The summed E-state index contributed by atoms with van der Waals surface area (Å²) >= 11 is 0. The number of aromatic nitrogens is 1. The molecule has 8 heteroatoms. The predicted octanol–water partition coefficient (Wildman–Crippen LogP) is 5.76. The van der Waals surface area contributed by atoms with Crippen molar-refractivity contribution < 1.29 is 22.7 Å². The number of nitrogens with one attached hydrogen (secondary N) is 2. The van der Waals surface area contributed by atoms with Crippen molar-refractivity contribution in [2.24, 2.45) is 0 Å². The molecule has 0 aliphatic rings. The maximum absolute atomic E-state index is 14.7. The van der Waals surface area contributed by atoms with Gasteiger partial charge in [0.1, 0.15) is 23.1 Å². The number of benzene rings is 2. The van der Waals surface area contributed by atoms with Crippen LogP contribution in [0.4, 0.5) is 18.0 Å². The maximum atomic E-state index is 14.7. The molecule has 5 nitrogen and oxygen atoms in total. The standard InChI is InChI=1S/C27H28F3N3O2/c1-17(31-13-14-32-26(34)35-27(2,3)4)24-12-7-19(16-33-24)25(18-5-8-20(28)9-6-18)22-15-21(29)10-11-23(22)30/h5-12,15-16,25,31H,1,13-14H2,2-4H3,(H,32,34). The third-order valence-electron chi connectivity index (χ3n) is 5.03. The van der Waals surface area contributed by atoms with E-state index in [9.17, 15) is 18.0 Å². The molecular formula is C27H28F3N3O2. The molecule has 184 valence electrons. The monoisotopic (exact) mass is 483 g/mol. The van der Waals surface area contributed by atoms with Gasteiger partial charge < -0.3 is 15.4 Å². The number of rotatable bonds is 8. The van der Waals surface area contributed by atoms with Gasteiger partial charge in [-0.2, -0.15) is 0 Å². The van der Waals surface area contributed by atoms with Crippen molar-refractivity contribution in [1.29, 1.82) is 0 Å². The van der Waals surface area contributed by atoms with Crippen LogP contribution < -0.4 is 10.6 Å². The zero-order valence-corrected chi connectivity index (χ0v) is 19.9. The Morgan fingerprint density at radius 1 is 0.943 bits per heavy atom. The minimum Gasteiger partial charge on any atom is -0.444 e. The molecule has 2 aromatic carbocycles. The number of amides is 1. The Bertz CT molecular complexity index is 1170. The SMILES string of the molecule is C=C(NCCNC(=O)OC(C)(C)C)c1ccc(C(c2ccc(F)cc2)c2cc(F)ccc2F)cn1. The number of carbonyl (C=O) groups excluding carboxylic acids is 1. The van der Waals surface area contributed by atoms with Crippen molar-refractivity contribution in [1.82, 2.24) is 15.6 Å². The van der Waals surface area contributed by atoms with E-state index < -0.39 is 35.1 Å². The summed E-state index contributed by atoms with van der Waals surface area (Å²) in [5, 5.41) is 5.72. The van der Waals surface area contributed by atoms with Gasteiger partial charge in [-0.1, -0.05) is 24.8 Å². The molecule has 0 aliphatic carbocycles. The van der Waals surface area contributed by atoms with Crippen LogP contribution in [0.15, 0.2) is 67.4 Å². The van der Waals surface area contributed by atoms with E-state index in [4.69, 9.17) is 4.74 Å². The molecule has 0 saturated heterocycles. The third-order valence-corrected chi connectivity index (χ3v) is 5.03. The highest BCUT2D eigenvalue weighted by Gasteiger charge is 2.22. The van der Waals surface area contributed by atoms with E-state index in [0.717, 1.165) is 18.2 Å². The molecule has 1 heterocycles. The lowest BCUT2D eigenvalue weighted by Gasteiger charge is -2.20. The summed E-state index contributed by atoms with van der Waals surface area (Å²) in [6.07, 6.45) is 1.04. The lowest BCUT2D eigenvalue weighted by Crippen LogP contribution is -2.36. The van der Waals surface area contributed by atoms with Crippen LogP contribution in [0, 0.1) is 17.5 Å². The Morgan fingerprint density at radius 3 is 2.20 bits per heavy atom. The molecule has 35 heavy (non-hydrogen) atoms. The van der Waals surface area contributed by atoms with E-state index in [1.165, 1.54) is 24.3 Å². The molecule has 0 saturated carbocycles. The number of halogens is 3. The van der Waals surface area contributed by atoms with E-state index in [-0.39, 0.29) is 5.56 Å². The summed E-state index contributed by atoms with van der Waals surface area (Å²) in [5.41, 5.74) is 1.81. The van der Waals surface area contributed by atoms with Crippen LogP contribution in [0.1, 0.15) is 49.1 Å². The van der Waals surface area contributed by atoms with Crippen molar-refractivity contribution in [2.45, 2.75) is 32.3 Å². The van der Waals surface area contributed by atoms with E-state index in [0.29, 0.717) is 35.6 Å². The van der Waals surface area contributed by atoms with E-state index >= 15 is 0 Å². The topological polar surface area (TPSA) is 63.2 Å². The molecule has 1 unspecified atom stereocenters. The van der Waals surface area contributed by atoms with Crippen molar-refractivity contribution in [3.63, 3.8) is 0 Å². The van der Waals surface area contributed by atoms with Gasteiger partial charge in [-0.25, -0.2) is 18.0 Å². The van der Waals surface area contributed by atoms with Gasteiger partial charge in [-0.3, -0.25) is 4.98 Å². The smallest absolute Gasteiger partial charge is 0.407 e. The molecule has 1 aromatic heterocycles. The second-order valence-electron chi connectivity index (χ2n) is 8.96. The van der Waals surface area contributed by atoms with Crippen molar-refractivity contribution in [2.75, 3.05) is 13.1 Å². The summed E-state index contributed by atoms with van der Waals surface area (Å²) < 4.78 is 47.3. The second kappa shape index (κ2) is 11.1. The van der Waals surface area contributed by atoms with Crippen molar-refractivity contribution in [3.8, 4) is 0 Å². The molecule has 3 rings (SSSR count). The fourth-order valence-corrected chi connectivity index (χ4v) is 3.48. The average Bonchev–Trinajstić information content (AvgIpc) is 2.79. The lowest BCUT2D eigenvalue weighted by molar-refractivity contribution is 0.0529. The van der Waals surface area contributed by atoms with Crippen LogP contribution in [-0.2, 0) is 4.74 Å². The number of pyridine rings is 1. The number of ether oxygens (including phenoxy) is 1. The van der Waals surface area contributed by atoms with Gasteiger partial charge in [-0.15, -0.1) is 0 Å². The number of carbonyl (C=O) groups is 1. The first-order valence-electron chi connectivity index (χ1n) is 11.1. The Balaban J connectivity index is 1.72. The van der Waals surface area contributed by atoms with E-state index in [1.54, 1.807) is 39.1 Å². The van der Waals surface area contributed by atoms with E-state index in [2.05, 4.69) is 22.2 Å². The fourth-order valence-electron chi connectivity index (χ4n) is 3.48. The molecule has 2 N–H and O–H groups in total. The van der Waals surface area contributed by atoms with Crippen molar-refractivity contribution in [3.05, 3.63) is 107 Å². The first-order valence-corrected chi connectivity index (χ1v) is 11.1. The maximum Gasteiger partial charge on any atom is 0.407 e. The zero-order valence-electron chi connectivity index (χ0n) is 19.9. The Hall–Kier alpha value is -3.81. The average molecular weight is 484 g/mol. The molecule has 0 spiro atoms. The first kappa shape index (κ1) is 25.8. The summed E-state index contributed by atoms with van der Waals surface area (Å²) in [6.45, 7) is 10.0. The highest BCUT2D eigenvalue weighted by Crippen LogP contribution is 2.34. The molecule has 1 amide bonds. The lowest BCUT2D eigenvalue weighted by atomic mass is 9.85. The number of hydrogen-bond donors (Lipinski definition) is 2. The van der Waals surface area contributed by atoms with Gasteiger partial charge in [-0.05, 0) is 68.3 Å². The highest BCUT2D eigenvalue weighted by atomic mass is 19.1. The molecular weight excluding hydrogens is 455 g/mol. The largest absolute Gasteiger partial charge is 0.444 e. The Morgan fingerprint density at radius 2 is 1.57 bits per heavy atom. The van der Waals surface area contributed by atoms with Crippen molar-refractivity contribution >= 4 is 11.8 Å². The highest BCUT2D eigenvalue weighted by molar-refractivity contribution is 5.67. The second-order valence-corrected chi connectivity index (χ2v) is 8.96. The number of nitrogens with zero attached hydrogens (tertiary/aromatic N) is 1. The zero-order chi connectivity index (χ0) is 25.6. The normalized spacial score (nSPS) is 12.1. The van der Waals surface area contributed by atoms with Gasteiger partial charge in [0.2, 0.25) is 0 Å².